The van der Waals surface area contributed by atoms with Gasteiger partial charge in [0.2, 0.25) is 0 Å². The molecule has 0 aromatic carbocycles. The largest absolute Gasteiger partial charge is 0.479 e. The molecule has 0 saturated carbocycles. The Labute approximate surface area is 76.7 Å². The lowest BCUT2D eigenvalue weighted by atomic mass is 9.96. The molecule has 2 aliphatic heterocycles. The lowest BCUT2D eigenvalue weighted by molar-refractivity contribution is -0.150. The molecule has 0 spiro atoms. The first-order valence-corrected chi connectivity index (χ1v) is 3.86. The van der Waals surface area contributed by atoms with Crippen LogP contribution in [0, 0.1) is 5.92 Å². The standard InChI is InChI=1S/C7H11NO3.ClH/c9-7(10)6-4-1-5(11-6)3-8-2-4;/h4-6,8H,1-3H2,(H,9,10);1H. The van der Waals surface area contributed by atoms with Crippen LogP contribution >= 0.6 is 12.4 Å². The maximum Gasteiger partial charge on any atom is 0.333 e. The highest BCUT2D eigenvalue weighted by molar-refractivity contribution is 5.85. The topological polar surface area (TPSA) is 58.6 Å². The SMILES string of the molecule is Cl.O=C(O)C1OC2CNCC1C2. The van der Waals surface area contributed by atoms with Crippen molar-refractivity contribution in [3.8, 4) is 0 Å². The Kier molecular flexibility index (Phi) is 2.93. The smallest absolute Gasteiger partial charge is 0.333 e. The molecule has 2 rings (SSSR count). The Morgan fingerprint density at radius 1 is 1.50 bits per heavy atom. The predicted octanol–water partition coefficient (Wildman–Crippen LogP) is -0.130. The van der Waals surface area contributed by atoms with Crippen LogP contribution in [0.15, 0.2) is 0 Å². The van der Waals surface area contributed by atoms with E-state index < -0.39 is 12.1 Å². The third-order valence-corrected chi connectivity index (χ3v) is 2.35. The van der Waals surface area contributed by atoms with Gasteiger partial charge in [-0.3, -0.25) is 0 Å². The molecule has 12 heavy (non-hydrogen) atoms. The maximum atomic E-state index is 10.6. The molecule has 0 amide bonds. The third-order valence-electron chi connectivity index (χ3n) is 2.35. The minimum Gasteiger partial charge on any atom is -0.479 e. The molecule has 5 heteroatoms. The molecule has 0 aromatic heterocycles. The summed E-state index contributed by atoms with van der Waals surface area (Å²) >= 11 is 0. The summed E-state index contributed by atoms with van der Waals surface area (Å²) in [5, 5.41) is 11.9. The number of carboxylic acids is 1. The molecule has 0 radical (unpaired) electrons. The summed E-state index contributed by atoms with van der Waals surface area (Å²) in [6.45, 7) is 1.59. The molecule has 2 bridgehead atoms. The zero-order chi connectivity index (χ0) is 7.84. The highest BCUT2D eigenvalue weighted by Crippen LogP contribution is 2.28. The van der Waals surface area contributed by atoms with E-state index in [0.717, 1.165) is 19.5 Å². The Balaban J connectivity index is 0.000000720. The van der Waals surface area contributed by atoms with Crippen LogP contribution in [0.1, 0.15) is 6.42 Å². The maximum absolute atomic E-state index is 10.6. The quantitative estimate of drug-likeness (QED) is 0.609. The van der Waals surface area contributed by atoms with E-state index in [-0.39, 0.29) is 24.4 Å². The second-order valence-electron chi connectivity index (χ2n) is 3.17. The van der Waals surface area contributed by atoms with Crippen molar-refractivity contribution >= 4 is 18.4 Å². The van der Waals surface area contributed by atoms with Gasteiger partial charge in [-0.15, -0.1) is 12.4 Å². The number of aliphatic carboxylic acids is 1. The van der Waals surface area contributed by atoms with Crippen molar-refractivity contribution in [1.29, 1.82) is 0 Å². The second kappa shape index (κ2) is 3.60. The van der Waals surface area contributed by atoms with Gasteiger partial charge in [0.05, 0.1) is 6.10 Å². The molecule has 2 N–H and O–H groups in total. The number of hydrogen-bond acceptors (Lipinski definition) is 3. The zero-order valence-electron chi connectivity index (χ0n) is 6.53. The van der Waals surface area contributed by atoms with Gasteiger partial charge in [-0.1, -0.05) is 0 Å². The summed E-state index contributed by atoms with van der Waals surface area (Å²) in [6, 6.07) is 0. The summed E-state index contributed by atoms with van der Waals surface area (Å²) < 4.78 is 5.28. The van der Waals surface area contributed by atoms with E-state index in [2.05, 4.69) is 5.32 Å². The number of rotatable bonds is 1. The summed E-state index contributed by atoms with van der Waals surface area (Å²) in [4.78, 5) is 10.6. The summed E-state index contributed by atoms with van der Waals surface area (Å²) in [5.41, 5.74) is 0. The zero-order valence-corrected chi connectivity index (χ0v) is 7.34. The lowest BCUT2D eigenvalue weighted by Crippen LogP contribution is -2.36. The molecule has 3 atom stereocenters. The van der Waals surface area contributed by atoms with Crippen LogP contribution in [0.25, 0.3) is 0 Å². The summed E-state index contributed by atoms with van der Waals surface area (Å²) in [5.74, 6) is -0.632. The van der Waals surface area contributed by atoms with Gasteiger partial charge in [0.1, 0.15) is 0 Å². The van der Waals surface area contributed by atoms with Crippen LogP contribution in [0.3, 0.4) is 0 Å². The van der Waals surface area contributed by atoms with Crippen molar-refractivity contribution in [3.63, 3.8) is 0 Å². The molecule has 0 aromatic rings. The number of ether oxygens (including phenoxy) is 1. The van der Waals surface area contributed by atoms with Crippen LogP contribution in [0.5, 0.6) is 0 Å². The monoisotopic (exact) mass is 193 g/mol. The molecule has 2 saturated heterocycles. The number of carbonyl (C=O) groups is 1. The number of hydrogen-bond donors (Lipinski definition) is 2. The van der Waals surface area contributed by atoms with E-state index >= 15 is 0 Å². The fraction of sp³-hybridized carbons (Fsp3) is 0.857. The van der Waals surface area contributed by atoms with E-state index in [1.54, 1.807) is 0 Å². The van der Waals surface area contributed by atoms with Gasteiger partial charge in [-0.25, -0.2) is 4.79 Å². The van der Waals surface area contributed by atoms with Gasteiger partial charge in [-0.2, -0.15) is 0 Å². The van der Waals surface area contributed by atoms with Crippen molar-refractivity contribution in [3.05, 3.63) is 0 Å². The second-order valence-corrected chi connectivity index (χ2v) is 3.17. The summed E-state index contributed by atoms with van der Waals surface area (Å²) in [7, 11) is 0. The van der Waals surface area contributed by atoms with Crippen LogP contribution in [0.4, 0.5) is 0 Å². The average molecular weight is 194 g/mol. The van der Waals surface area contributed by atoms with Crippen molar-refractivity contribution < 1.29 is 14.6 Å². The highest BCUT2D eigenvalue weighted by Gasteiger charge is 2.41. The molecule has 2 heterocycles. The fourth-order valence-corrected chi connectivity index (χ4v) is 1.85. The van der Waals surface area contributed by atoms with Crippen molar-refractivity contribution in [1.82, 2.24) is 5.32 Å². The molecule has 0 aliphatic carbocycles. The molecule has 70 valence electrons. The minimum atomic E-state index is -0.818. The van der Waals surface area contributed by atoms with E-state index in [4.69, 9.17) is 9.84 Å². The van der Waals surface area contributed by atoms with Gasteiger partial charge < -0.3 is 15.2 Å². The van der Waals surface area contributed by atoms with Crippen LogP contribution in [-0.2, 0) is 9.53 Å². The molecule has 2 fully saturated rings. The van der Waals surface area contributed by atoms with Crippen LogP contribution in [0.2, 0.25) is 0 Å². The van der Waals surface area contributed by atoms with Gasteiger partial charge in [0.15, 0.2) is 6.10 Å². The lowest BCUT2D eigenvalue weighted by Gasteiger charge is -2.17. The Morgan fingerprint density at radius 3 is 2.83 bits per heavy atom. The summed E-state index contributed by atoms with van der Waals surface area (Å²) in [6.07, 6.45) is 0.481. The van der Waals surface area contributed by atoms with Gasteiger partial charge in [0, 0.05) is 19.0 Å². The molecule has 2 aliphatic rings. The first kappa shape index (κ1) is 9.77. The van der Waals surface area contributed by atoms with Crippen LogP contribution < -0.4 is 5.32 Å². The van der Waals surface area contributed by atoms with E-state index in [0.29, 0.717) is 0 Å². The molecular formula is C7H12ClNO3. The first-order chi connectivity index (χ1) is 5.27. The fourth-order valence-electron chi connectivity index (χ4n) is 1.85. The van der Waals surface area contributed by atoms with Crippen LogP contribution in [-0.4, -0.2) is 36.4 Å². The molecule has 4 nitrogen and oxygen atoms in total. The van der Waals surface area contributed by atoms with Gasteiger partial charge >= 0.3 is 5.97 Å². The van der Waals surface area contributed by atoms with Crippen molar-refractivity contribution in [2.75, 3.05) is 13.1 Å². The number of piperidine rings is 1. The Morgan fingerprint density at radius 2 is 2.25 bits per heavy atom. The van der Waals surface area contributed by atoms with E-state index in [1.165, 1.54) is 0 Å². The Bertz CT molecular complexity index is 187. The third kappa shape index (κ3) is 1.55. The van der Waals surface area contributed by atoms with Gasteiger partial charge in [-0.05, 0) is 6.42 Å². The van der Waals surface area contributed by atoms with E-state index in [1.807, 2.05) is 0 Å². The number of fused-ring (bicyclic) bond motifs is 2. The highest BCUT2D eigenvalue weighted by atomic mass is 35.5. The van der Waals surface area contributed by atoms with E-state index in [9.17, 15) is 4.79 Å². The van der Waals surface area contributed by atoms with Crippen molar-refractivity contribution in [2.24, 2.45) is 5.92 Å². The average Bonchev–Trinajstić information content (AvgIpc) is 2.27. The van der Waals surface area contributed by atoms with Gasteiger partial charge in [0.25, 0.3) is 0 Å². The molecular weight excluding hydrogens is 182 g/mol. The number of nitrogens with one attached hydrogen (secondary N) is 1. The normalized spacial score (nSPS) is 38.8. The predicted molar refractivity (Wildman–Crippen MR) is 44.5 cm³/mol. The molecule has 3 unspecified atom stereocenters. The first-order valence-electron chi connectivity index (χ1n) is 3.86. The Hall–Kier alpha value is -0.320. The number of halogens is 1. The van der Waals surface area contributed by atoms with Crippen molar-refractivity contribution in [2.45, 2.75) is 18.6 Å². The minimum absolute atomic E-state index is 0. The number of carboxylic acid groups (broad SMARTS) is 1.